The van der Waals surface area contributed by atoms with Gasteiger partial charge in [-0.25, -0.2) is 4.39 Å². The zero-order chi connectivity index (χ0) is 12.4. The van der Waals surface area contributed by atoms with Gasteiger partial charge in [0.1, 0.15) is 5.82 Å². The first kappa shape index (κ1) is 12.5. The smallest absolute Gasteiger partial charge is 0.123 e. The van der Waals surface area contributed by atoms with Crippen molar-refractivity contribution in [1.29, 1.82) is 0 Å². The minimum Gasteiger partial charge on any atom is -0.271 e. The molecule has 0 amide bonds. The fourth-order valence-electron chi connectivity index (χ4n) is 3.06. The summed E-state index contributed by atoms with van der Waals surface area (Å²) in [6.07, 6.45) is 3.67. The molecule has 17 heavy (non-hydrogen) atoms. The second-order valence-electron chi connectivity index (χ2n) is 5.22. The monoisotopic (exact) mass is 236 g/mol. The van der Waals surface area contributed by atoms with Crippen LogP contribution in [0.1, 0.15) is 43.4 Å². The molecule has 3 heteroatoms. The van der Waals surface area contributed by atoms with Gasteiger partial charge in [-0.2, -0.15) is 0 Å². The first-order valence-corrected chi connectivity index (χ1v) is 6.35. The van der Waals surface area contributed by atoms with Gasteiger partial charge in [-0.1, -0.05) is 25.8 Å². The Kier molecular flexibility index (Phi) is 3.79. The van der Waals surface area contributed by atoms with E-state index in [4.69, 9.17) is 5.84 Å². The third-order valence-corrected chi connectivity index (χ3v) is 4.11. The van der Waals surface area contributed by atoms with Gasteiger partial charge in [0, 0.05) is 6.04 Å². The van der Waals surface area contributed by atoms with E-state index in [0.29, 0.717) is 11.8 Å². The Morgan fingerprint density at radius 2 is 2.18 bits per heavy atom. The van der Waals surface area contributed by atoms with Crippen molar-refractivity contribution < 1.29 is 4.39 Å². The van der Waals surface area contributed by atoms with Gasteiger partial charge in [0.2, 0.25) is 0 Å². The predicted octanol–water partition coefficient (Wildman–Crippen LogP) is 3.07. The molecule has 3 atom stereocenters. The Labute approximate surface area is 102 Å². The van der Waals surface area contributed by atoms with Crippen molar-refractivity contribution in [2.75, 3.05) is 0 Å². The summed E-state index contributed by atoms with van der Waals surface area (Å²) in [5.74, 6) is 6.68. The number of hydrogen-bond donors (Lipinski definition) is 2. The first-order valence-electron chi connectivity index (χ1n) is 6.35. The molecule has 94 valence electrons. The SMILES string of the molecule is Cc1ccc(F)cc1C(NN)C1CCCC1C. The third kappa shape index (κ3) is 2.50. The normalized spacial score (nSPS) is 26.1. The largest absolute Gasteiger partial charge is 0.271 e. The second-order valence-corrected chi connectivity index (χ2v) is 5.22. The Morgan fingerprint density at radius 3 is 2.76 bits per heavy atom. The van der Waals surface area contributed by atoms with Gasteiger partial charge in [0.05, 0.1) is 0 Å². The average Bonchev–Trinajstić information content (AvgIpc) is 2.71. The topological polar surface area (TPSA) is 38.0 Å². The molecule has 0 saturated heterocycles. The van der Waals surface area contributed by atoms with Gasteiger partial charge in [-0.15, -0.1) is 0 Å². The molecule has 1 aliphatic rings. The van der Waals surface area contributed by atoms with E-state index in [-0.39, 0.29) is 11.9 Å². The standard InChI is InChI=1S/C14H21FN2/c1-9-4-3-5-12(9)14(17-16)13-8-11(15)7-6-10(13)2/h6-9,12,14,17H,3-5,16H2,1-2H3. The van der Waals surface area contributed by atoms with Crippen LogP contribution in [0.4, 0.5) is 4.39 Å². The molecule has 3 N–H and O–H groups in total. The number of benzene rings is 1. The molecule has 0 spiro atoms. The quantitative estimate of drug-likeness (QED) is 0.625. The molecule has 0 aromatic heterocycles. The lowest BCUT2D eigenvalue weighted by Gasteiger charge is -2.28. The summed E-state index contributed by atoms with van der Waals surface area (Å²) in [6.45, 7) is 4.27. The van der Waals surface area contributed by atoms with Crippen LogP contribution < -0.4 is 11.3 Å². The molecule has 1 fully saturated rings. The van der Waals surface area contributed by atoms with Gasteiger partial charge >= 0.3 is 0 Å². The number of halogens is 1. The molecule has 2 nitrogen and oxygen atoms in total. The highest BCUT2D eigenvalue weighted by Crippen LogP contribution is 2.40. The maximum absolute atomic E-state index is 13.4. The Balaban J connectivity index is 2.31. The van der Waals surface area contributed by atoms with Crippen molar-refractivity contribution in [2.24, 2.45) is 17.7 Å². The molecule has 0 aliphatic heterocycles. The zero-order valence-corrected chi connectivity index (χ0v) is 10.5. The fraction of sp³-hybridized carbons (Fsp3) is 0.571. The van der Waals surface area contributed by atoms with Crippen LogP contribution in [0.25, 0.3) is 0 Å². The molecule has 3 unspecified atom stereocenters. The summed E-state index contributed by atoms with van der Waals surface area (Å²) in [4.78, 5) is 0. The number of hydrazine groups is 1. The number of aryl methyl sites for hydroxylation is 1. The van der Waals surface area contributed by atoms with Crippen molar-refractivity contribution in [3.05, 3.63) is 35.1 Å². The molecular formula is C14H21FN2. The van der Waals surface area contributed by atoms with Crippen LogP contribution in [-0.2, 0) is 0 Å². The van der Waals surface area contributed by atoms with Crippen LogP contribution in [-0.4, -0.2) is 0 Å². The Morgan fingerprint density at radius 1 is 1.41 bits per heavy atom. The zero-order valence-electron chi connectivity index (χ0n) is 10.5. The van der Waals surface area contributed by atoms with E-state index in [0.717, 1.165) is 11.1 Å². The summed E-state index contributed by atoms with van der Waals surface area (Å²) >= 11 is 0. The highest BCUT2D eigenvalue weighted by molar-refractivity contribution is 5.30. The summed E-state index contributed by atoms with van der Waals surface area (Å²) in [5.41, 5.74) is 5.00. The molecular weight excluding hydrogens is 215 g/mol. The maximum atomic E-state index is 13.4. The average molecular weight is 236 g/mol. The van der Waals surface area contributed by atoms with E-state index < -0.39 is 0 Å². The first-order chi connectivity index (χ1) is 8.13. The van der Waals surface area contributed by atoms with Crippen molar-refractivity contribution in [3.63, 3.8) is 0 Å². The van der Waals surface area contributed by atoms with Crippen molar-refractivity contribution >= 4 is 0 Å². The van der Waals surface area contributed by atoms with Gasteiger partial charge in [-0.3, -0.25) is 11.3 Å². The summed E-state index contributed by atoms with van der Waals surface area (Å²) < 4.78 is 13.4. The van der Waals surface area contributed by atoms with E-state index in [1.54, 1.807) is 6.07 Å². The number of hydrogen-bond acceptors (Lipinski definition) is 2. The van der Waals surface area contributed by atoms with Crippen LogP contribution in [0.2, 0.25) is 0 Å². The van der Waals surface area contributed by atoms with Crippen LogP contribution in [0.5, 0.6) is 0 Å². The van der Waals surface area contributed by atoms with Crippen molar-refractivity contribution in [1.82, 2.24) is 5.43 Å². The minimum atomic E-state index is -0.184. The van der Waals surface area contributed by atoms with Gasteiger partial charge in [-0.05, 0) is 48.4 Å². The molecule has 1 aromatic carbocycles. The molecule has 0 heterocycles. The van der Waals surface area contributed by atoms with Crippen LogP contribution in [0.3, 0.4) is 0 Å². The number of rotatable bonds is 3. The molecule has 0 radical (unpaired) electrons. The Hall–Kier alpha value is -0.930. The van der Waals surface area contributed by atoms with Crippen LogP contribution in [0.15, 0.2) is 18.2 Å². The van der Waals surface area contributed by atoms with Gasteiger partial charge < -0.3 is 0 Å². The minimum absolute atomic E-state index is 0.0724. The van der Waals surface area contributed by atoms with E-state index in [1.165, 1.54) is 25.3 Å². The summed E-state index contributed by atoms with van der Waals surface area (Å²) in [5, 5.41) is 0. The summed E-state index contributed by atoms with van der Waals surface area (Å²) in [6, 6.07) is 5.02. The highest BCUT2D eigenvalue weighted by Gasteiger charge is 2.32. The molecule has 1 aliphatic carbocycles. The molecule has 1 aromatic rings. The molecule has 2 rings (SSSR count). The fourth-order valence-corrected chi connectivity index (χ4v) is 3.06. The predicted molar refractivity (Wildman–Crippen MR) is 67.7 cm³/mol. The number of nitrogens with one attached hydrogen (secondary N) is 1. The number of nitrogens with two attached hydrogens (primary N) is 1. The maximum Gasteiger partial charge on any atom is 0.123 e. The van der Waals surface area contributed by atoms with Crippen LogP contribution in [0, 0.1) is 24.6 Å². The van der Waals surface area contributed by atoms with Gasteiger partial charge in [0.15, 0.2) is 0 Å². The lowest BCUT2D eigenvalue weighted by Crippen LogP contribution is -2.35. The van der Waals surface area contributed by atoms with Gasteiger partial charge in [0.25, 0.3) is 0 Å². The highest BCUT2D eigenvalue weighted by atomic mass is 19.1. The van der Waals surface area contributed by atoms with E-state index in [2.05, 4.69) is 12.3 Å². The Bertz CT molecular complexity index is 392. The van der Waals surface area contributed by atoms with E-state index in [1.807, 2.05) is 13.0 Å². The lowest BCUT2D eigenvalue weighted by molar-refractivity contribution is 0.303. The van der Waals surface area contributed by atoms with Crippen molar-refractivity contribution in [3.8, 4) is 0 Å². The molecule has 1 saturated carbocycles. The van der Waals surface area contributed by atoms with E-state index in [9.17, 15) is 4.39 Å². The molecule has 0 bridgehead atoms. The second kappa shape index (κ2) is 5.15. The lowest BCUT2D eigenvalue weighted by atomic mass is 9.84. The van der Waals surface area contributed by atoms with E-state index >= 15 is 0 Å². The summed E-state index contributed by atoms with van der Waals surface area (Å²) in [7, 11) is 0. The van der Waals surface area contributed by atoms with Crippen molar-refractivity contribution in [2.45, 2.75) is 39.2 Å². The third-order valence-electron chi connectivity index (χ3n) is 4.11. The van der Waals surface area contributed by atoms with Crippen LogP contribution >= 0.6 is 0 Å².